The first-order valence-electron chi connectivity index (χ1n) is 8.20. The number of H-pyrrole nitrogens is 1. The van der Waals surface area contributed by atoms with E-state index >= 15 is 0 Å². The summed E-state index contributed by atoms with van der Waals surface area (Å²) < 4.78 is 36.9. The third-order valence-corrected chi connectivity index (χ3v) is 4.61. The lowest BCUT2D eigenvalue weighted by atomic mass is 9.79. The van der Waals surface area contributed by atoms with Crippen molar-refractivity contribution in [1.82, 2.24) is 15.3 Å². The van der Waals surface area contributed by atoms with Crippen LogP contribution < -0.4 is 5.32 Å². The van der Waals surface area contributed by atoms with E-state index in [1.165, 1.54) is 6.42 Å². The predicted octanol–water partition coefficient (Wildman–Crippen LogP) is 4.25. The van der Waals surface area contributed by atoms with E-state index in [9.17, 15) is 18.0 Å². The third kappa shape index (κ3) is 4.27. The highest BCUT2D eigenvalue weighted by Crippen LogP contribution is 2.35. The van der Waals surface area contributed by atoms with Crippen molar-refractivity contribution in [3.63, 3.8) is 0 Å². The second kappa shape index (κ2) is 6.83. The average molecular weight is 339 g/mol. The van der Waals surface area contributed by atoms with E-state index in [0.29, 0.717) is 5.92 Å². The van der Waals surface area contributed by atoms with Gasteiger partial charge in [0.05, 0.1) is 29.8 Å². The summed E-state index contributed by atoms with van der Waals surface area (Å²) in [4.78, 5) is 19.1. The van der Waals surface area contributed by atoms with E-state index in [4.69, 9.17) is 0 Å². The lowest BCUT2D eigenvalue weighted by Crippen LogP contribution is -2.32. The highest BCUT2D eigenvalue weighted by Gasteiger charge is 2.29. The zero-order valence-corrected chi connectivity index (χ0v) is 13.2. The lowest BCUT2D eigenvalue weighted by molar-refractivity contribution is -0.144. The standard InChI is InChI=1S/C17H20F3N3O/c18-17(19,20)7-6-16(24)23-14(8-11-2-1-3-11)12-4-5-13-15(9-12)22-10-21-13/h4-5,9-11,14H,1-3,6-8H2,(H,21,22)(H,23,24)/t14-/m0/s1. The molecule has 7 heteroatoms. The highest BCUT2D eigenvalue weighted by molar-refractivity contribution is 5.78. The Morgan fingerprint density at radius 3 is 2.83 bits per heavy atom. The van der Waals surface area contributed by atoms with Gasteiger partial charge in [-0.15, -0.1) is 0 Å². The fourth-order valence-electron chi connectivity index (χ4n) is 3.03. The summed E-state index contributed by atoms with van der Waals surface area (Å²) in [6.07, 6.45) is -0.169. The number of hydrogen-bond acceptors (Lipinski definition) is 2. The van der Waals surface area contributed by atoms with Crippen molar-refractivity contribution in [3.8, 4) is 0 Å². The van der Waals surface area contributed by atoms with Gasteiger partial charge < -0.3 is 10.3 Å². The highest BCUT2D eigenvalue weighted by atomic mass is 19.4. The van der Waals surface area contributed by atoms with Crippen LogP contribution in [0.25, 0.3) is 11.0 Å². The van der Waals surface area contributed by atoms with Crippen LogP contribution in [0.3, 0.4) is 0 Å². The topological polar surface area (TPSA) is 57.8 Å². The van der Waals surface area contributed by atoms with Crippen LogP contribution in [-0.4, -0.2) is 22.1 Å². The number of aromatic nitrogens is 2. The second-order valence-electron chi connectivity index (χ2n) is 6.45. The molecule has 0 radical (unpaired) electrons. The molecular weight excluding hydrogens is 319 g/mol. The van der Waals surface area contributed by atoms with Crippen LogP contribution >= 0.6 is 0 Å². The number of imidazole rings is 1. The minimum absolute atomic E-state index is 0.260. The molecule has 24 heavy (non-hydrogen) atoms. The molecule has 0 aliphatic heterocycles. The van der Waals surface area contributed by atoms with Crippen molar-refractivity contribution in [3.05, 3.63) is 30.1 Å². The molecule has 1 aliphatic rings. The molecule has 0 saturated heterocycles. The molecule has 1 amide bonds. The molecule has 4 nitrogen and oxygen atoms in total. The molecule has 0 spiro atoms. The molecule has 1 aliphatic carbocycles. The fourth-order valence-corrected chi connectivity index (χ4v) is 3.03. The molecule has 1 fully saturated rings. The number of nitrogens with zero attached hydrogens (tertiary/aromatic N) is 1. The van der Waals surface area contributed by atoms with Crippen molar-refractivity contribution in [2.75, 3.05) is 0 Å². The predicted molar refractivity (Wildman–Crippen MR) is 84.2 cm³/mol. The van der Waals surface area contributed by atoms with E-state index in [2.05, 4.69) is 15.3 Å². The molecule has 1 aromatic carbocycles. The molecule has 1 saturated carbocycles. The molecular formula is C17H20F3N3O. The van der Waals surface area contributed by atoms with E-state index in [1.54, 1.807) is 6.33 Å². The lowest BCUT2D eigenvalue weighted by Gasteiger charge is -2.30. The molecule has 0 bridgehead atoms. The van der Waals surface area contributed by atoms with Crippen molar-refractivity contribution < 1.29 is 18.0 Å². The number of hydrogen-bond donors (Lipinski definition) is 2. The number of rotatable bonds is 6. The maximum Gasteiger partial charge on any atom is 0.389 e. The average Bonchev–Trinajstić information content (AvgIpc) is 2.94. The Hall–Kier alpha value is -2.05. The Kier molecular flexibility index (Phi) is 4.78. The molecule has 1 aromatic heterocycles. The maximum atomic E-state index is 12.3. The summed E-state index contributed by atoms with van der Waals surface area (Å²) in [7, 11) is 0. The maximum absolute atomic E-state index is 12.3. The second-order valence-corrected chi connectivity index (χ2v) is 6.45. The van der Waals surface area contributed by atoms with Gasteiger partial charge in [-0.3, -0.25) is 4.79 Å². The van der Waals surface area contributed by atoms with Gasteiger partial charge in [0.15, 0.2) is 0 Å². The third-order valence-electron chi connectivity index (χ3n) is 4.61. The number of carbonyl (C=O) groups excluding carboxylic acids is 1. The van der Waals surface area contributed by atoms with E-state index in [1.807, 2.05) is 18.2 Å². The molecule has 130 valence electrons. The Labute approximate surface area is 137 Å². The number of aromatic amines is 1. The molecule has 1 heterocycles. The smallest absolute Gasteiger partial charge is 0.349 e. The Morgan fingerprint density at radius 1 is 1.38 bits per heavy atom. The van der Waals surface area contributed by atoms with Crippen LogP contribution in [0.15, 0.2) is 24.5 Å². The summed E-state index contributed by atoms with van der Waals surface area (Å²) in [6.45, 7) is 0. The molecule has 2 aromatic rings. The van der Waals surface area contributed by atoms with Crippen LogP contribution in [0.4, 0.5) is 13.2 Å². The number of benzene rings is 1. The van der Waals surface area contributed by atoms with Gasteiger partial charge in [0.2, 0.25) is 5.91 Å². The van der Waals surface area contributed by atoms with Crippen molar-refractivity contribution in [2.24, 2.45) is 5.92 Å². The monoisotopic (exact) mass is 339 g/mol. The number of alkyl halides is 3. The normalized spacial score (nSPS) is 16.8. The van der Waals surface area contributed by atoms with Gasteiger partial charge in [0.1, 0.15) is 0 Å². The number of halogens is 3. The number of nitrogens with one attached hydrogen (secondary N) is 2. The van der Waals surface area contributed by atoms with Gasteiger partial charge in [-0.25, -0.2) is 4.98 Å². The van der Waals surface area contributed by atoms with Gasteiger partial charge in [-0.05, 0) is 30.0 Å². The molecule has 2 N–H and O–H groups in total. The Balaban J connectivity index is 1.71. The Bertz CT molecular complexity index is 706. The minimum atomic E-state index is -4.31. The fraction of sp³-hybridized carbons (Fsp3) is 0.529. The van der Waals surface area contributed by atoms with Gasteiger partial charge >= 0.3 is 6.18 Å². The van der Waals surface area contributed by atoms with Crippen molar-refractivity contribution in [2.45, 2.75) is 50.7 Å². The minimum Gasteiger partial charge on any atom is -0.349 e. The van der Waals surface area contributed by atoms with E-state index in [0.717, 1.165) is 35.9 Å². The van der Waals surface area contributed by atoms with Crippen LogP contribution in [-0.2, 0) is 4.79 Å². The number of carbonyl (C=O) groups is 1. The van der Waals surface area contributed by atoms with Gasteiger partial charge in [0.25, 0.3) is 0 Å². The molecule has 0 unspecified atom stereocenters. The van der Waals surface area contributed by atoms with Gasteiger partial charge in [-0.2, -0.15) is 13.2 Å². The summed E-state index contributed by atoms with van der Waals surface area (Å²) in [5.74, 6) is -0.0308. The van der Waals surface area contributed by atoms with Crippen molar-refractivity contribution in [1.29, 1.82) is 0 Å². The quantitative estimate of drug-likeness (QED) is 0.826. The first-order valence-corrected chi connectivity index (χ1v) is 8.20. The summed E-state index contributed by atoms with van der Waals surface area (Å²) >= 11 is 0. The largest absolute Gasteiger partial charge is 0.389 e. The van der Waals surface area contributed by atoms with Gasteiger partial charge in [-0.1, -0.05) is 25.3 Å². The SMILES string of the molecule is O=C(CCC(F)(F)F)N[C@@H](CC1CCC1)c1ccc2nc[nH]c2c1. The van der Waals surface area contributed by atoms with Crippen LogP contribution in [0.5, 0.6) is 0 Å². The molecule has 3 rings (SSSR count). The van der Waals surface area contributed by atoms with Crippen molar-refractivity contribution >= 4 is 16.9 Å². The number of fused-ring (bicyclic) bond motifs is 1. The van der Waals surface area contributed by atoms with Crippen LogP contribution in [0.2, 0.25) is 0 Å². The summed E-state index contributed by atoms with van der Waals surface area (Å²) in [5.41, 5.74) is 2.58. The number of amides is 1. The van der Waals surface area contributed by atoms with E-state index in [-0.39, 0.29) is 6.04 Å². The Morgan fingerprint density at radius 2 is 2.17 bits per heavy atom. The van der Waals surface area contributed by atoms with E-state index < -0.39 is 24.9 Å². The molecule has 1 atom stereocenters. The zero-order valence-electron chi connectivity index (χ0n) is 13.2. The first kappa shape index (κ1) is 16.8. The van der Waals surface area contributed by atoms with Gasteiger partial charge in [0, 0.05) is 6.42 Å². The summed E-state index contributed by atoms with van der Waals surface area (Å²) in [6, 6.07) is 5.40. The van der Waals surface area contributed by atoms with Crippen LogP contribution in [0.1, 0.15) is 50.1 Å². The van der Waals surface area contributed by atoms with Crippen LogP contribution in [0, 0.1) is 5.92 Å². The summed E-state index contributed by atoms with van der Waals surface area (Å²) in [5, 5.41) is 2.79. The first-order chi connectivity index (χ1) is 11.4. The zero-order chi connectivity index (χ0) is 17.2.